The number of carbonyl (C=O) groups excluding carboxylic acids is 3. The van der Waals surface area contributed by atoms with E-state index >= 15 is 0 Å². The second kappa shape index (κ2) is 9.42. The van der Waals surface area contributed by atoms with Gasteiger partial charge in [-0.05, 0) is 52.6 Å². The van der Waals surface area contributed by atoms with Crippen LogP contribution in [-0.2, 0) is 15.0 Å². The number of hydrogen-bond donors (Lipinski definition) is 1. The average molecular weight is 562 g/mol. The molecule has 2 bridgehead atoms. The van der Waals surface area contributed by atoms with Crippen LogP contribution in [0.15, 0.2) is 102 Å². The lowest BCUT2D eigenvalue weighted by atomic mass is 9.47. The molecule has 4 aromatic carbocycles. The minimum absolute atomic E-state index is 0.291. The Morgan fingerprint density at radius 1 is 0.902 bits per heavy atom. The van der Waals surface area contributed by atoms with E-state index < -0.39 is 23.2 Å². The Balaban J connectivity index is 1.39. The third-order valence-corrected chi connectivity index (χ3v) is 8.86. The Bertz CT molecular complexity index is 1740. The van der Waals surface area contributed by atoms with Gasteiger partial charge in [-0.15, -0.1) is 0 Å². The minimum atomic E-state index is -1.10. The van der Waals surface area contributed by atoms with E-state index in [9.17, 15) is 14.4 Å². The molecule has 41 heavy (non-hydrogen) atoms. The van der Waals surface area contributed by atoms with Gasteiger partial charge in [-0.1, -0.05) is 78.3 Å². The van der Waals surface area contributed by atoms with Crippen molar-refractivity contribution in [3.63, 3.8) is 0 Å². The quantitative estimate of drug-likeness (QED) is 0.203. The van der Waals surface area contributed by atoms with E-state index in [-0.39, 0.29) is 17.7 Å². The monoisotopic (exact) mass is 561 g/mol. The molecular formula is C33H24ClN3O4. The SMILES string of the molecule is COc1cccc(C(=O)N/N=C\C23c4ccccc4C(c4ccccc42)[C@H]2C(=O)N(c4ccccc4Cl)C(=O)[C@H]23)c1. The van der Waals surface area contributed by atoms with Crippen molar-refractivity contribution in [2.45, 2.75) is 11.3 Å². The molecule has 3 aliphatic carbocycles. The summed E-state index contributed by atoms with van der Waals surface area (Å²) in [5.41, 5.74) is 6.01. The maximum absolute atomic E-state index is 14.4. The fraction of sp³-hybridized carbons (Fsp3) is 0.152. The summed E-state index contributed by atoms with van der Waals surface area (Å²) in [5, 5.41) is 4.78. The number of carbonyl (C=O) groups is 3. The molecule has 1 aliphatic heterocycles. The average Bonchev–Trinajstić information content (AvgIpc) is 3.28. The first kappa shape index (κ1) is 25.2. The Morgan fingerprint density at radius 3 is 2.24 bits per heavy atom. The highest BCUT2D eigenvalue weighted by Crippen LogP contribution is 2.63. The van der Waals surface area contributed by atoms with Gasteiger partial charge in [0, 0.05) is 17.7 Å². The van der Waals surface area contributed by atoms with Crippen molar-refractivity contribution in [1.82, 2.24) is 5.43 Å². The summed E-state index contributed by atoms with van der Waals surface area (Å²) in [4.78, 5) is 42.9. The number of nitrogens with one attached hydrogen (secondary N) is 1. The van der Waals surface area contributed by atoms with Gasteiger partial charge in [0.2, 0.25) is 11.8 Å². The number of methoxy groups -OCH3 is 1. The van der Waals surface area contributed by atoms with Crippen LogP contribution in [0.3, 0.4) is 0 Å². The van der Waals surface area contributed by atoms with Crippen LogP contribution < -0.4 is 15.1 Å². The first-order chi connectivity index (χ1) is 20.0. The molecule has 0 unspecified atom stereocenters. The van der Waals surface area contributed by atoms with E-state index in [2.05, 4.69) is 10.5 Å². The Labute approximate surface area is 241 Å². The second-order valence-corrected chi connectivity index (χ2v) is 10.8. The van der Waals surface area contributed by atoms with Crippen molar-refractivity contribution < 1.29 is 19.1 Å². The molecular weight excluding hydrogens is 538 g/mol. The summed E-state index contributed by atoms with van der Waals surface area (Å²) < 4.78 is 5.24. The van der Waals surface area contributed by atoms with E-state index in [1.165, 1.54) is 12.0 Å². The van der Waals surface area contributed by atoms with Gasteiger partial charge in [-0.3, -0.25) is 14.4 Å². The molecule has 0 radical (unpaired) electrons. The standard InChI is InChI=1S/C33H24ClN3O4/c1-41-20-10-8-9-19(17-20)30(38)36-35-18-33-23-13-4-2-11-21(23)27(22-12-3-5-14-24(22)33)28-29(33)32(40)37(31(28)39)26-16-7-6-15-25(26)34/h2-18,27-29H,1H3,(H,36,38)/b35-18-/t27?,28-,29+,33?/m1/s1. The topological polar surface area (TPSA) is 88.1 Å². The number of amides is 3. The van der Waals surface area contributed by atoms with Crippen LogP contribution in [0.25, 0.3) is 0 Å². The molecule has 1 fully saturated rings. The van der Waals surface area contributed by atoms with Crippen molar-refractivity contribution in [3.05, 3.63) is 130 Å². The molecule has 0 spiro atoms. The van der Waals surface area contributed by atoms with E-state index in [1.807, 2.05) is 48.5 Å². The lowest BCUT2D eigenvalue weighted by Gasteiger charge is -2.52. The molecule has 4 aliphatic rings. The number of nitrogens with zero attached hydrogens (tertiary/aromatic N) is 2. The molecule has 7 nitrogen and oxygen atoms in total. The maximum atomic E-state index is 14.4. The maximum Gasteiger partial charge on any atom is 0.271 e. The van der Waals surface area contributed by atoms with Crippen LogP contribution in [0.1, 0.15) is 38.5 Å². The van der Waals surface area contributed by atoms with Crippen LogP contribution in [0.2, 0.25) is 5.02 Å². The van der Waals surface area contributed by atoms with E-state index in [1.54, 1.807) is 54.7 Å². The molecule has 1 saturated heterocycles. The number of hydrazone groups is 1. The normalized spacial score (nSPS) is 23.8. The van der Waals surface area contributed by atoms with Crippen molar-refractivity contribution in [2.75, 3.05) is 12.0 Å². The number of benzene rings is 4. The molecule has 8 rings (SSSR count). The van der Waals surface area contributed by atoms with Crippen molar-refractivity contribution >= 4 is 41.2 Å². The van der Waals surface area contributed by atoms with Crippen LogP contribution in [0, 0.1) is 11.8 Å². The zero-order chi connectivity index (χ0) is 28.3. The molecule has 202 valence electrons. The van der Waals surface area contributed by atoms with Crippen LogP contribution in [-0.4, -0.2) is 31.0 Å². The number of imide groups is 1. The summed E-state index contributed by atoms with van der Waals surface area (Å²) in [6, 6.07) is 29.4. The summed E-state index contributed by atoms with van der Waals surface area (Å²) in [6.07, 6.45) is 1.64. The van der Waals surface area contributed by atoms with Crippen molar-refractivity contribution in [3.8, 4) is 5.75 Å². The smallest absolute Gasteiger partial charge is 0.271 e. The van der Waals surface area contributed by atoms with Gasteiger partial charge >= 0.3 is 0 Å². The van der Waals surface area contributed by atoms with Gasteiger partial charge in [0.1, 0.15) is 5.75 Å². The largest absolute Gasteiger partial charge is 0.497 e. The summed E-state index contributed by atoms with van der Waals surface area (Å²) in [5.74, 6) is -2.26. The predicted octanol–water partition coefficient (Wildman–Crippen LogP) is 5.32. The number of anilines is 1. The van der Waals surface area contributed by atoms with Gasteiger partial charge in [-0.2, -0.15) is 5.10 Å². The van der Waals surface area contributed by atoms with Crippen molar-refractivity contribution in [1.29, 1.82) is 0 Å². The molecule has 3 amide bonds. The number of hydrogen-bond acceptors (Lipinski definition) is 5. The third kappa shape index (κ3) is 3.52. The summed E-state index contributed by atoms with van der Waals surface area (Å²) in [6.45, 7) is 0. The van der Waals surface area contributed by atoms with Crippen LogP contribution in [0.4, 0.5) is 5.69 Å². The van der Waals surface area contributed by atoms with Crippen molar-refractivity contribution in [2.24, 2.45) is 16.9 Å². The highest BCUT2D eigenvalue weighted by atomic mass is 35.5. The number of halogens is 1. The zero-order valence-electron chi connectivity index (χ0n) is 22.0. The number of para-hydroxylation sites is 1. The molecule has 2 atom stereocenters. The highest BCUT2D eigenvalue weighted by Gasteiger charge is 2.68. The van der Waals surface area contributed by atoms with E-state index in [0.717, 1.165) is 22.3 Å². The predicted molar refractivity (Wildman–Crippen MR) is 155 cm³/mol. The number of ether oxygens (including phenoxy) is 1. The van der Waals surface area contributed by atoms with Gasteiger partial charge in [0.05, 0.1) is 35.1 Å². The lowest BCUT2D eigenvalue weighted by molar-refractivity contribution is -0.122. The third-order valence-electron chi connectivity index (χ3n) is 8.54. The Kier molecular flexibility index (Phi) is 5.80. The van der Waals surface area contributed by atoms with Crippen LogP contribution in [0.5, 0.6) is 5.75 Å². The Morgan fingerprint density at radius 2 is 1.56 bits per heavy atom. The second-order valence-electron chi connectivity index (χ2n) is 10.4. The highest BCUT2D eigenvalue weighted by molar-refractivity contribution is 6.36. The summed E-state index contributed by atoms with van der Waals surface area (Å²) in [7, 11) is 1.53. The molecule has 1 heterocycles. The van der Waals surface area contributed by atoms with Crippen LogP contribution >= 0.6 is 11.6 Å². The zero-order valence-corrected chi connectivity index (χ0v) is 22.7. The summed E-state index contributed by atoms with van der Waals surface area (Å²) >= 11 is 6.50. The first-order valence-corrected chi connectivity index (χ1v) is 13.6. The van der Waals surface area contributed by atoms with Gasteiger partial charge in [0.25, 0.3) is 5.91 Å². The first-order valence-electron chi connectivity index (χ1n) is 13.3. The number of rotatable bonds is 5. The molecule has 1 N–H and O–H groups in total. The van der Waals surface area contributed by atoms with Gasteiger partial charge < -0.3 is 4.74 Å². The fourth-order valence-electron chi connectivity index (χ4n) is 6.94. The lowest BCUT2D eigenvalue weighted by Crippen LogP contribution is -2.54. The minimum Gasteiger partial charge on any atom is -0.497 e. The molecule has 8 heteroatoms. The van der Waals surface area contributed by atoms with E-state index in [0.29, 0.717) is 22.0 Å². The molecule has 4 aromatic rings. The molecule has 0 aromatic heterocycles. The Hall–Kier alpha value is -4.75. The van der Waals surface area contributed by atoms with Gasteiger partial charge in [-0.25, -0.2) is 10.3 Å². The fourth-order valence-corrected chi connectivity index (χ4v) is 7.16. The van der Waals surface area contributed by atoms with E-state index in [4.69, 9.17) is 16.3 Å². The molecule has 0 saturated carbocycles. The van der Waals surface area contributed by atoms with Gasteiger partial charge in [0.15, 0.2) is 0 Å².